The lowest BCUT2D eigenvalue weighted by Crippen LogP contribution is -2.28. The Labute approximate surface area is 217 Å². The smallest absolute Gasteiger partial charge is 0.407 e. The zero-order chi connectivity index (χ0) is 25.2. The molecule has 2 aliphatic carbocycles. The molecular formula is C32H34N2O3. The molecule has 37 heavy (non-hydrogen) atoms. The number of ether oxygens (including phenoxy) is 1. The molecule has 0 saturated heterocycles. The van der Waals surface area contributed by atoms with Crippen LogP contribution in [0.4, 0.5) is 4.79 Å². The number of fused-ring (bicyclic) bond motifs is 1. The van der Waals surface area contributed by atoms with E-state index in [1.165, 1.54) is 45.2 Å². The van der Waals surface area contributed by atoms with Gasteiger partial charge in [-0.15, -0.1) is 0 Å². The second kappa shape index (κ2) is 10.4. The Morgan fingerprint density at radius 3 is 2.24 bits per heavy atom. The van der Waals surface area contributed by atoms with Crippen LogP contribution >= 0.6 is 0 Å². The fourth-order valence-electron chi connectivity index (χ4n) is 6.34. The monoisotopic (exact) mass is 494 g/mol. The molecule has 190 valence electrons. The number of hydrogen-bond donors (Lipinski definition) is 2. The number of rotatable bonds is 8. The third-order valence-corrected chi connectivity index (χ3v) is 8.36. The first-order valence-corrected chi connectivity index (χ1v) is 13.7. The summed E-state index contributed by atoms with van der Waals surface area (Å²) in [6.07, 6.45) is 9.84. The van der Waals surface area contributed by atoms with Gasteiger partial charge in [0.1, 0.15) is 0 Å². The third kappa shape index (κ3) is 5.00. The maximum atomic E-state index is 12.5. The van der Waals surface area contributed by atoms with Crippen LogP contribution in [0, 0.1) is 17.8 Å². The van der Waals surface area contributed by atoms with E-state index < -0.39 is 0 Å². The lowest BCUT2D eigenvalue weighted by Gasteiger charge is -2.14. The Morgan fingerprint density at radius 1 is 0.811 bits per heavy atom. The molecule has 0 spiro atoms. The van der Waals surface area contributed by atoms with E-state index in [1.54, 1.807) is 0 Å². The Balaban J connectivity index is 0.953. The summed E-state index contributed by atoms with van der Waals surface area (Å²) in [4.78, 5) is 24.6. The van der Waals surface area contributed by atoms with Crippen molar-refractivity contribution in [3.63, 3.8) is 0 Å². The third-order valence-electron chi connectivity index (χ3n) is 8.36. The molecule has 0 aliphatic heterocycles. The minimum absolute atomic E-state index is 0.0105. The van der Waals surface area contributed by atoms with Crippen LogP contribution in [0.25, 0.3) is 32.3 Å². The van der Waals surface area contributed by atoms with Crippen LogP contribution in [-0.2, 0) is 16.1 Å². The average Bonchev–Trinajstić information content (AvgIpc) is 3.56. The SMILES string of the molecule is O=C(CCCNC(=O)OCC1[C@H]2CC/C=C\CC[C@@H]12)NCc1ccc2ccc3cccc4ccc1c2c34. The van der Waals surface area contributed by atoms with Crippen molar-refractivity contribution in [2.45, 2.75) is 45.1 Å². The van der Waals surface area contributed by atoms with Gasteiger partial charge in [-0.1, -0.05) is 66.7 Å². The molecule has 5 nitrogen and oxygen atoms in total. The van der Waals surface area contributed by atoms with Crippen molar-refractivity contribution < 1.29 is 14.3 Å². The first-order chi connectivity index (χ1) is 18.2. The Morgan fingerprint density at radius 2 is 1.49 bits per heavy atom. The Hall–Kier alpha value is -3.60. The van der Waals surface area contributed by atoms with E-state index in [4.69, 9.17) is 4.74 Å². The topological polar surface area (TPSA) is 67.4 Å². The van der Waals surface area contributed by atoms with Crippen LogP contribution in [-0.4, -0.2) is 25.2 Å². The van der Waals surface area contributed by atoms with Crippen molar-refractivity contribution in [1.82, 2.24) is 10.6 Å². The second-order valence-electron chi connectivity index (χ2n) is 10.6. The predicted molar refractivity (Wildman–Crippen MR) is 149 cm³/mol. The van der Waals surface area contributed by atoms with Gasteiger partial charge in [-0.25, -0.2) is 4.79 Å². The summed E-state index contributed by atoms with van der Waals surface area (Å²) in [7, 11) is 0. The maximum absolute atomic E-state index is 12.5. The predicted octanol–water partition coefficient (Wildman–Crippen LogP) is 6.70. The molecule has 0 bridgehead atoms. The summed E-state index contributed by atoms with van der Waals surface area (Å²) in [5, 5.41) is 13.3. The van der Waals surface area contributed by atoms with E-state index >= 15 is 0 Å². The highest BCUT2D eigenvalue weighted by Crippen LogP contribution is 2.52. The molecule has 1 unspecified atom stereocenters. The molecule has 1 saturated carbocycles. The van der Waals surface area contributed by atoms with Gasteiger partial charge in [-0.2, -0.15) is 0 Å². The molecule has 2 N–H and O–H groups in total. The molecule has 0 radical (unpaired) electrons. The van der Waals surface area contributed by atoms with Crippen LogP contribution in [0.1, 0.15) is 44.1 Å². The normalized spacial score (nSPS) is 21.8. The van der Waals surface area contributed by atoms with E-state index in [0.717, 1.165) is 30.2 Å². The number of carbonyl (C=O) groups excluding carboxylic acids is 2. The first-order valence-electron chi connectivity index (χ1n) is 13.7. The molecular weight excluding hydrogens is 460 g/mol. The van der Waals surface area contributed by atoms with Crippen molar-refractivity contribution in [2.75, 3.05) is 13.2 Å². The number of nitrogens with one attached hydrogen (secondary N) is 2. The number of alkyl carbamates (subject to hydrolysis) is 1. The summed E-state index contributed by atoms with van der Waals surface area (Å²) < 4.78 is 5.47. The van der Waals surface area contributed by atoms with E-state index in [1.807, 2.05) is 0 Å². The van der Waals surface area contributed by atoms with E-state index in [2.05, 4.69) is 77.4 Å². The highest BCUT2D eigenvalue weighted by molar-refractivity contribution is 6.23. The van der Waals surface area contributed by atoms with Gasteiger partial charge in [0, 0.05) is 19.5 Å². The van der Waals surface area contributed by atoms with Gasteiger partial charge in [-0.05, 0) is 87.7 Å². The molecule has 4 aromatic rings. The summed E-state index contributed by atoms with van der Waals surface area (Å²) in [5.74, 6) is 1.95. The summed E-state index contributed by atoms with van der Waals surface area (Å²) in [5.41, 5.74) is 1.11. The quantitative estimate of drug-likeness (QED) is 0.163. The zero-order valence-corrected chi connectivity index (χ0v) is 21.2. The fraction of sp³-hybridized carbons (Fsp3) is 0.375. The lowest BCUT2D eigenvalue weighted by molar-refractivity contribution is -0.121. The number of amides is 2. The molecule has 0 heterocycles. The van der Waals surface area contributed by atoms with Gasteiger partial charge in [0.2, 0.25) is 5.91 Å². The van der Waals surface area contributed by atoms with Crippen LogP contribution in [0.3, 0.4) is 0 Å². The molecule has 3 atom stereocenters. The largest absolute Gasteiger partial charge is 0.449 e. The number of carbonyl (C=O) groups is 2. The Bertz CT molecular complexity index is 1430. The minimum Gasteiger partial charge on any atom is -0.449 e. The molecule has 1 fully saturated rings. The zero-order valence-electron chi connectivity index (χ0n) is 21.2. The minimum atomic E-state index is -0.369. The van der Waals surface area contributed by atoms with Crippen LogP contribution in [0.5, 0.6) is 0 Å². The van der Waals surface area contributed by atoms with E-state index in [9.17, 15) is 9.59 Å². The fourth-order valence-corrected chi connectivity index (χ4v) is 6.34. The molecule has 4 aromatic carbocycles. The van der Waals surface area contributed by atoms with Gasteiger partial charge in [0.05, 0.1) is 6.61 Å². The maximum Gasteiger partial charge on any atom is 0.407 e. The van der Waals surface area contributed by atoms with Gasteiger partial charge in [-0.3, -0.25) is 4.79 Å². The van der Waals surface area contributed by atoms with E-state index in [0.29, 0.717) is 38.5 Å². The van der Waals surface area contributed by atoms with Crippen molar-refractivity contribution in [3.8, 4) is 0 Å². The molecule has 2 amide bonds. The summed E-state index contributed by atoms with van der Waals surface area (Å²) in [6.45, 7) is 1.44. The lowest BCUT2D eigenvalue weighted by atomic mass is 9.92. The molecule has 2 aliphatic rings. The highest BCUT2D eigenvalue weighted by atomic mass is 16.5. The summed E-state index contributed by atoms with van der Waals surface area (Å²) >= 11 is 0. The van der Waals surface area contributed by atoms with E-state index in [-0.39, 0.29) is 12.0 Å². The van der Waals surface area contributed by atoms with Crippen molar-refractivity contribution in [1.29, 1.82) is 0 Å². The number of allylic oxidation sites excluding steroid dienone is 2. The Kier molecular flexibility index (Phi) is 6.69. The van der Waals surface area contributed by atoms with Crippen LogP contribution in [0.15, 0.2) is 66.7 Å². The molecule has 6 rings (SSSR count). The van der Waals surface area contributed by atoms with Crippen LogP contribution in [0.2, 0.25) is 0 Å². The van der Waals surface area contributed by atoms with Crippen LogP contribution < -0.4 is 10.6 Å². The van der Waals surface area contributed by atoms with Gasteiger partial charge >= 0.3 is 6.09 Å². The summed E-state index contributed by atoms with van der Waals surface area (Å²) in [6, 6.07) is 19.3. The molecule has 5 heteroatoms. The number of hydrogen-bond acceptors (Lipinski definition) is 3. The van der Waals surface area contributed by atoms with Gasteiger partial charge < -0.3 is 15.4 Å². The van der Waals surface area contributed by atoms with Crippen molar-refractivity contribution in [3.05, 3.63) is 72.3 Å². The van der Waals surface area contributed by atoms with Gasteiger partial charge in [0.25, 0.3) is 0 Å². The molecule has 0 aromatic heterocycles. The number of benzene rings is 4. The van der Waals surface area contributed by atoms with Gasteiger partial charge in [0.15, 0.2) is 0 Å². The highest BCUT2D eigenvalue weighted by Gasteiger charge is 2.49. The first kappa shape index (κ1) is 23.8. The van der Waals surface area contributed by atoms with Crippen molar-refractivity contribution >= 4 is 44.3 Å². The standard InChI is InChI=1S/C32H34N2O3/c35-29(11-6-18-33-32(36)37-20-28-26-9-3-1-2-4-10-27(26)28)34-19-24-15-14-23-13-12-21-7-5-8-22-16-17-25(24)31(23)30(21)22/h1-2,5,7-8,12-17,26-28H,3-4,6,9-11,18-20H2,(H,33,36)(H,34,35)/b2-1-/t26-,27+,28?. The average molecular weight is 495 g/mol. The van der Waals surface area contributed by atoms with Crippen molar-refractivity contribution in [2.24, 2.45) is 17.8 Å². The second-order valence-corrected chi connectivity index (χ2v) is 10.6.